The Labute approximate surface area is 191 Å². The number of thiazole rings is 1. The molecule has 1 aromatic heterocycles. The Balaban J connectivity index is 1.50. The minimum Gasteiger partial charge on any atom is -0.493 e. The maximum atomic E-state index is 12.5. The van der Waals surface area contributed by atoms with E-state index in [4.69, 9.17) is 9.47 Å². The monoisotopic (exact) mass is 454 g/mol. The van der Waals surface area contributed by atoms with Crippen molar-refractivity contribution in [3.8, 4) is 11.5 Å². The zero-order valence-electron chi connectivity index (χ0n) is 18.2. The Morgan fingerprint density at radius 3 is 2.47 bits per heavy atom. The Bertz CT molecular complexity index is 1070. The molecule has 0 aliphatic rings. The van der Waals surface area contributed by atoms with Gasteiger partial charge in [-0.25, -0.2) is 9.78 Å². The molecule has 0 spiro atoms. The van der Waals surface area contributed by atoms with Gasteiger partial charge >= 0.3 is 6.03 Å². The summed E-state index contributed by atoms with van der Waals surface area (Å²) in [5, 5.41) is 10.7. The molecular formula is C23H26N4O4S. The summed E-state index contributed by atoms with van der Waals surface area (Å²) in [5.74, 6) is 0.868. The first-order valence-electron chi connectivity index (χ1n) is 10.1. The topological polar surface area (TPSA) is 102 Å². The molecule has 0 aliphatic heterocycles. The summed E-state index contributed by atoms with van der Waals surface area (Å²) < 4.78 is 10.7. The van der Waals surface area contributed by atoms with E-state index in [2.05, 4.69) is 27.9 Å². The third-order valence-corrected chi connectivity index (χ3v) is 5.58. The van der Waals surface area contributed by atoms with Gasteiger partial charge in [0.25, 0.3) is 5.91 Å². The van der Waals surface area contributed by atoms with Gasteiger partial charge in [0.2, 0.25) is 0 Å². The van der Waals surface area contributed by atoms with Gasteiger partial charge in [0.05, 0.1) is 20.8 Å². The Hall–Kier alpha value is -3.59. The second kappa shape index (κ2) is 11.1. The minimum atomic E-state index is -0.333. The fourth-order valence-electron chi connectivity index (χ4n) is 3.01. The molecule has 8 nitrogen and oxygen atoms in total. The average Bonchev–Trinajstić information content (AvgIpc) is 3.30. The van der Waals surface area contributed by atoms with Gasteiger partial charge in [0.15, 0.2) is 11.5 Å². The maximum Gasteiger partial charge on any atom is 0.319 e. The Kier molecular flexibility index (Phi) is 8.04. The highest BCUT2D eigenvalue weighted by atomic mass is 32.1. The standard InChI is InChI=1S/C23H26N4O4S/c1-4-15-8-10-17(11-9-15)26-23(29)25-13-20-27-18(14-32-20)22(28)24-12-16-6-5-7-19(30-2)21(16)31-3/h5-11,14H,4,12-13H2,1-3H3,(H,24,28)(H2,25,26,29). The van der Waals surface area contributed by atoms with Gasteiger partial charge in [0, 0.05) is 23.2 Å². The molecule has 9 heteroatoms. The summed E-state index contributed by atoms with van der Waals surface area (Å²) in [5.41, 5.74) is 3.01. The van der Waals surface area contributed by atoms with Crippen LogP contribution in [0.5, 0.6) is 11.5 Å². The third kappa shape index (κ3) is 5.98. The normalized spacial score (nSPS) is 10.3. The van der Waals surface area contributed by atoms with Crippen LogP contribution in [0.1, 0.15) is 33.5 Å². The molecule has 0 aliphatic carbocycles. The SMILES string of the molecule is CCc1ccc(NC(=O)NCc2nc(C(=O)NCc3cccc(OC)c3OC)cs2)cc1. The highest BCUT2D eigenvalue weighted by Crippen LogP contribution is 2.30. The number of para-hydroxylation sites is 1. The molecule has 3 N–H and O–H groups in total. The maximum absolute atomic E-state index is 12.5. The van der Waals surface area contributed by atoms with Gasteiger partial charge in [-0.2, -0.15) is 0 Å². The number of carbonyl (C=O) groups excluding carboxylic acids is 2. The van der Waals surface area contributed by atoms with E-state index in [1.54, 1.807) is 25.7 Å². The number of aryl methyl sites for hydroxylation is 1. The predicted octanol–water partition coefficient (Wildman–Crippen LogP) is 3.97. The number of anilines is 1. The molecular weight excluding hydrogens is 428 g/mol. The molecule has 32 heavy (non-hydrogen) atoms. The second-order valence-electron chi connectivity index (χ2n) is 6.82. The zero-order chi connectivity index (χ0) is 22.9. The lowest BCUT2D eigenvalue weighted by Crippen LogP contribution is -2.28. The number of hydrogen-bond donors (Lipinski definition) is 3. The molecule has 0 atom stereocenters. The quantitative estimate of drug-likeness (QED) is 0.454. The lowest BCUT2D eigenvalue weighted by Gasteiger charge is -2.12. The van der Waals surface area contributed by atoms with Crippen molar-refractivity contribution in [3.63, 3.8) is 0 Å². The highest BCUT2D eigenvalue weighted by Gasteiger charge is 2.14. The number of benzene rings is 2. The van der Waals surface area contributed by atoms with Crippen LogP contribution >= 0.6 is 11.3 Å². The minimum absolute atomic E-state index is 0.223. The number of urea groups is 1. The molecule has 3 aromatic rings. The largest absolute Gasteiger partial charge is 0.493 e. The van der Waals surface area contributed by atoms with Crippen LogP contribution in [0, 0.1) is 0 Å². The van der Waals surface area contributed by atoms with Crippen LogP contribution in [0.25, 0.3) is 0 Å². The number of nitrogens with zero attached hydrogens (tertiary/aromatic N) is 1. The van der Waals surface area contributed by atoms with Crippen LogP contribution < -0.4 is 25.4 Å². The number of methoxy groups -OCH3 is 2. The van der Waals surface area contributed by atoms with Crippen LogP contribution in [0.15, 0.2) is 47.8 Å². The highest BCUT2D eigenvalue weighted by molar-refractivity contribution is 7.09. The van der Waals surface area contributed by atoms with Crippen LogP contribution in [0.2, 0.25) is 0 Å². The summed E-state index contributed by atoms with van der Waals surface area (Å²) in [6, 6.07) is 12.8. The van der Waals surface area contributed by atoms with Crippen LogP contribution in [0.3, 0.4) is 0 Å². The van der Waals surface area contributed by atoms with Crippen molar-refractivity contribution in [2.24, 2.45) is 0 Å². The first kappa shape index (κ1) is 23.1. The molecule has 0 bridgehead atoms. The average molecular weight is 455 g/mol. The number of hydrogen-bond acceptors (Lipinski definition) is 6. The number of carbonyl (C=O) groups is 2. The molecule has 2 aromatic carbocycles. The first-order valence-corrected chi connectivity index (χ1v) is 11.0. The second-order valence-corrected chi connectivity index (χ2v) is 7.76. The van der Waals surface area contributed by atoms with Gasteiger partial charge < -0.3 is 25.4 Å². The Morgan fingerprint density at radius 2 is 1.78 bits per heavy atom. The van der Waals surface area contributed by atoms with Gasteiger partial charge in [-0.05, 0) is 30.2 Å². The fraction of sp³-hybridized carbons (Fsp3) is 0.261. The van der Waals surface area contributed by atoms with Crippen molar-refractivity contribution in [1.29, 1.82) is 0 Å². The van der Waals surface area contributed by atoms with Gasteiger partial charge in [-0.3, -0.25) is 4.79 Å². The van der Waals surface area contributed by atoms with Gasteiger partial charge in [-0.15, -0.1) is 11.3 Å². The van der Waals surface area contributed by atoms with Crippen molar-refractivity contribution in [2.45, 2.75) is 26.4 Å². The smallest absolute Gasteiger partial charge is 0.319 e. The fourth-order valence-corrected chi connectivity index (χ4v) is 3.72. The van der Waals surface area contributed by atoms with E-state index in [9.17, 15) is 9.59 Å². The van der Waals surface area contributed by atoms with Gasteiger partial charge in [-0.1, -0.05) is 31.2 Å². The van der Waals surface area contributed by atoms with Crippen LogP contribution in [-0.2, 0) is 19.5 Å². The van der Waals surface area contributed by atoms with Crippen molar-refractivity contribution < 1.29 is 19.1 Å². The molecule has 0 radical (unpaired) electrons. The number of amides is 3. The molecule has 3 rings (SSSR count). The molecule has 0 fully saturated rings. The van der Waals surface area contributed by atoms with E-state index >= 15 is 0 Å². The third-order valence-electron chi connectivity index (χ3n) is 4.73. The van der Waals surface area contributed by atoms with E-state index in [1.165, 1.54) is 16.9 Å². The lowest BCUT2D eigenvalue weighted by atomic mass is 10.1. The van der Waals surface area contributed by atoms with Crippen molar-refractivity contribution in [3.05, 3.63) is 69.7 Å². The first-order chi connectivity index (χ1) is 15.5. The lowest BCUT2D eigenvalue weighted by molar-refractivity contribution is 0.0946. The number of nitrogens with one attached hydrogen (secondary N) is 3. The molecule has 0 unspecified atom stereocenters. The van der Waals surface area contributed by atoms with Crippen LogP contribution in [-0.4, -0.2) is 31.1 Å². The predicted molar refractivity (Wildman–Crippen MR) is 125 cm³/mol. The van der Waals surface area contributed by atoms with Crippen molar-refractivity contribution in [1.82, 2.24) is 15.6 Å². The summed E-state index contributed by atoms with van der Waals surface area (Å²) in [4.78, 5) is 28.9. The van der Waals surface area contributed by atoms with Crippen LogP contribution in [0.4, 0.5) is 10.5 Å². The van der Waals surface area contributed by atoms with Crippen molar-refractivity contribution in [2.75, 3.05) is 19.5 Å². The summed E-state index contributed by atoms with van der Waals surface area (Å²) in [7, 11) is 3.12. The van der Waals surface area contributed by atoms with E-state index < -0.39 is 0 Å². The molecule has 168 valence electrons. The van der Waals surface area contributed by atoms with E-state index in [0.29, 0.717) is 27.9 Å². The number of ether oxygens (including phenoxy) is 2. The summed E-state index contributed by atoms with van der Waals surface area (Å²) in [6.45, 7) is 2.57. The van der Waals surface area contributed by atoms with E-state index in [0.717, 1.165) is 12.0 Å². The number of aromatic nitrogens is 1. The van der Waals surface area contributed by atoms with E-state index in [-0.39, 0.29) is 25.0 Å². The number of rotatable bonds is 9. The molecule has 3 amide bonds. The van der Waals surface area contributed by atoms with E-state index in [1.807, 2.05) is 36.4 Å². The molecule has 1 heterocycles. The van der Waals surface area contributed by atoms with Crippen molar-refractivity contribution >= 4 is 29.0 Å². The molecule has 0 saturated carbocycles. The Morgan fingerprint density at radius 1 is 1.00 bits per heavy atom. The zero-order valence-corrected chi connectivity index (χ0v) is 19.0. The molecule has 0 saturated heterocycles. The summed E-state index contributed by atoms with van der Waals surface area (Å²) in [6.07, 6.45) is 0.944. The van der Waals surface area contributed by atoms with Gasteiger partial charge in [0.1, 0.15) is 10.7 Å². The summed E-state index contributed by atoms with van der Waals surface area (Å²) >= 11 is 1.31.